The molecule has 2 aromatic carbocycles. The number of hydrazine groups is 1. The van der Waals surface area contributed by atoms with E-state index >= 15 is 0 Å². The van der Waals surface area contributed by atoms with Gasteiger partial charge in [0.25, 0.3) is 0 Å². The Hall–Kier alpha value is -2.86. The van der Waals surface area contributed by atoms with E-state index < -0.39 is 5.41 Å². The van der Waals surface area contributed by atoms with Gasteiger partial charge in [-0.05, 0) is 24.0 Å². The highest BCUT2D eigenvalue weighted by atomic mass is 16.6. The van der Waals surface area contributed by atoms with Crippen molar-refractivity contribution in [2.75, 3.05) is 13.1 Å². The van der Waals surface area contributed by atoms with Crippen LogP contribution in [0.1, 0.15) is 24.0 Å². The van der Waals surface area contributed by atoms with Crippen molar-refractivity contribution in [3.63, 3.8) is 0 Å². The summed E-state index contributed by atoms with van der Waals surface area (Å²) in [4.78, 5) is 26.5. The van der Waals surface area contributed by atoms with Crippen LogP contribution in [0.4, 0.5) is 4.79 Å². The van der Waals surface area contributed by atoms with Gasteiger partial charge in [-0.25, -0.2) is 10.6 Å². The van der Waals surface area contributed by atoms with Gasteiger partial charge in [0.05, 0.1) is 5.41 Å². The molecule has 1 aliphatic rings. The fraction of sp³-hybridized carbons (Fsp3) is 0.300. The molecule has 2 aromatic rings. The summed E-state index contributed by atoms with van der Waals surface area (Å²) in [5.74, 6) is 5.21. The number of nitrogens with two attached hydrogens (primary N) is 1. The largest absolute Gasteiger partial charge is 0.445 e. The maximum absolute atomic E-state index is 12.5. The molecule has 2 amide bonds. The first-order valence-electron chi connectivity index (χ1n) is 8.68. The Morgan fingerprint density at radius 2 is 1.58 bits per heavy atom. The number of rotatable bonds is 4. The van der Waals surface area contributed by atoms with Gasteiger partial charge in [-0.3, -0.25) is 10.2 Å². The molecule has 6 nitrogen and oxygen atoms in total. The molecule has 6 heteroatoms. The average Bonchev–Trinajstić information content (AvgIpc) is 2.73. The molecule has 1 fully saturated rings. The first-order valence-corrected chi connectivity index (χ1v) is 8.68. The molecule has 0 atom stereocenters. The lowest BCUT2D eigenvalue weighted by Crippen LogP contribution is -2.54. The van der Waals surface area contributed by atoms with Gasteiger partial charge in [-0.15, -0.1) is 0 Å². The van der Waals surface area contributed by atoms with E-state index in [9.17, 15) is 9.59 Å². The summed E-state index contributed by atoms with van der Waals surface area (Å²) < 4.78 is 5.39. The van der Waals surface area contributed by atoms with Crippen LogP contribution in [0.5, 0.6) is 0 Å². The van der Waals surface area contributed by atoms with Crippen LogP contribution in [0.25, 0.3) is 0 Å². The van der Waals surface area contributed by atoms with Gasteiger partial charge in [0, 0.05) is 13.1 Å². The Morgan fingerprint density at radius 3 is 2.15 bits per heavy atom. The highest BCUT2D eigenvalue weighted by Gasteiger charge is 2.43. The molecule has 0 saturated carbocycles. The smallest absolute Gasteiger partial charge is 0.410 e. The van der Waals surface area contributed by atoms with E-state index in [1.165, 1.54) is 0 Å². The predicted octanol–water partition coefficient (Wildman–Crippen LogP) is 2.35. The van der Waals surface area contributed by atoms with Gasteiger partial charge in [0.2, 0.25) is 5.91 Å². The molecule has 0 aliphatic carbocycles. The summed E-state index contributed by atoms with van der Waals surface area (Å²) in [5.41, 5.74) is 3.44. The Bertz CT molecular complexity index is 741. The Morgan fingerprint density at radius 1 is 1.00 bits per heavy atom. The number of benzene rings is 2. The van der Waals surface area contributed by atoms with Crippen LogP contribution >= 0.6 is 0 Å². The van der Waals surface area contributed by atoms with E-state index in [1.54, 1.807) is 4.90 Å². The van der Waals surface area contributed by atoms with Gasteiger partial charge in [-0.1, -0.05) is 60.7 Å². The maximum atomic E-state index is 12.5. The summed E-state index contributed by atoms with van der Waals surface area (Å²) in [7, 11) is 0. The molecule has 1 heterocycles. The van der Waals surface area contributed by atoms with Gasteiger partial charge in [-0.2, -0.15) is 0 Å². The molecule has 136 valence electrons. The number of amides is 2. The molecular weight excluding hydrogens is 330 g/mol. The molecule has 3 N–H and O–H groups in total. The van der Waals surface area contributed by atoms with Crippen LogP contribution in [0.15, 0.2) is 60.7 Å². The summed E-state index contributed by atoms with van der Waals surface area (Å²) in [6.45, 7) is 1.12. The third-order valence-electron chi connectivity index (χ3n) is 4.97. The van der Waals surface area contributed by atoms with E-state index in [0.29, 0.717) is 25.9 Å². The minimum Gasteiger partial charge on any atom is -0.445 e. The lowest BCUT2D eigenvalue weighted by Gasteiger charge is -2.40. The zero-order valence-corrected chi connectivity index (χ0v) is 14.6. The average molecular weight is 353 g/mol. The maximum Gasteiger partial charge on any atom is 0.410 e. The predicted molar refractivity (Wildman–Crippen MR) is 97.9 cm³/mol. The van der Waals surface area contributed by atoms with E-state index in [0.717, 1.165) is 11.1 Å². The van der Waals surface area contributed by atoms with Crippen LogP contribution < -0.4 is 11.3 Å². The van der Waals surface area contributed by atoms with E-state index in [4.69, 9.17) is 10.6 Å². The highest BCUT2D eigenvalue weighted by molar-refractivity contribution is 5.88. The van der Waals surface area contributed by atoms with Gasteiger partial charge in [0.15, 0.2) is 0 Å². The number of hydrogen-bond donors (Lipinski definition) is 2. The fourth-order valence-electron chi connectivity index (χ4n) is 3.42. The molecule has 0 radical (unpaired) electrons. The standard InChI is InChI=1S/C20H23N3O3/c21-22-18(24)20(17-9-5-2-6-10-17)11-13-23(14-12-20)19(25)26-15-16-7-3-1-4-8-16/h1-10H,11-15,21H2,(H,22,24). The molecule has 0 unspecified atom stereocenters. The van der Waals surface area contributed by atoms with Gasteiger partial charge in [0.1, 0.15) is 6.61 Å². The summed E-state index contributed by atoms with van der Waals surface area (Å²) in [6, 6.07) is 19.1. The van der Waals surface area contributed by atoms with Gasteiger partial charge >= 0.3 is 6.09 Å². The Kier molecular flexibility index (Phi) is 5.53. The highest BCUT2D eigenvalue weighted by Crippen LogP contribution is 2.36. The lowest BCUT2D eigenvalue weighted by atomic mass is 9.72. The first kappa shape index (κ1) is 17.9. The van der Waals surface area contributed by atoms with Crippen molar-refractivity contribution < 1.29 is 14.3 Å². The summed E-state index contributed by atoms with van der Waals surface area (Å²) >= 11 is 0. The van der Waals surface area contributed by atoms with Crippen molar-refractivity contribution in [3.8, 4) is 0 Å². The SMILES string of the molecule is NNC(=O)C1(c2ccccc2)CCN(C(=O)OCc2ccccc2)CC1. The topological polar surface area (TPSA) is 84.7 Å². The molecule has 0 aromatic heterocycles. The molecular formula is C20H23N3O3. The van der Waals surface area contributed by atoms with Crippen molar-refractivity contribution in [1.82, 2.24) is 10.3 Å². The second-order valence-electron chi connectivity index (χ2n) is 6.45. The second kappa shape index (κ2) is 8.01. The first-order chi connectivity index (χ1) is 12.7. The zero-order valence-electron chi connectivity index (χ0n) is 14.6. The van der Waals surface area contributed by atoms with Crippen LogP contribution in [0.3, 0.4) is 0 Å². The van der Waals surface area contributed by atoms with Crippen LogP contribution in [0.2, 0.25) is 0 Å². The number of hydrogen-bond acceptors (Lipinski definition) is 4. The van der Waals surface area contributed by atoms with Gasteiger partial charge < -0.3 is 9.64 Å². The van der Waals surface area contributed by atoms with Crippen molar-refractivity contribution in [2.24, 2.45) is 5.84 Å². The van der Waals surface area contributed by atoms with Crippen molar-refractivity contribution in [2.45, 2.75) is 24.9 Å². The number of piperidine rings is 1. The second-order valence-corrected chi connectivity index (χ2v) is 6.45. The van der Waals surface area contributed by atoms with E-state index in [1.807, 2.05) is 60.7 Å². The minimum absolute atomic E-state index is 0.221. The number of nitrogens with zero attached hydrogens (tertiary/aromatic N) is 1. The number of carbonyl (C=O) groups is 2. The quantitative estimate of drug-likeness (QED) is 0.502. The molecule has 3 rings (SSSR count). The lowest BCUT2D eigenvalue weighted by molar-refractivity contribution is -0.128. The van der Waals surface area contributed by atoms with Crippen molar-refractivity contribution in [1.29, 1.82) is 0 Å². The fourth-order valence-corrected chi connectivity index (χ4v) is 3.42. The third-order valence-corrected chi connectivity index (χ3v) is 4.97. The van der Waals surface area contributed by atoms with Crippen LogP contribution in [-0.2, 0) is 21.6 Å². The molecule has 0 bridgehead atoms. The van der Waals surface area contributed by atoms with Crippen molar-refractivity contribution >= 4 is 12.0 Å². The Balaban J connectivity index is 1.64. The number of likely N-dealkylation sites (tertiary alicyclic amines) is 1. The zero-order chi connectivity index (χ0) is 18.4. The normalized spacial score (nSPS) is 16.0. The van der Waals surface area contributed by atoms with Crippen LogP contribution in [0, 0.1) is 0 Å². The van der Waals surface area contributed by atoms with Crippen molar-refractivity contribution in [3.05, 3.63) is 71.8 Å². The molecule has 1 aliphatic heterocycles. The number of carbonyl (C=O) groups excluding carboxylic acids is 2. The molecule has 26 heavy (non-hydrogen) atoms. The summed E-state index contributed by atoms with van der Waals surface area (Å²) in [5, 5.41) is 0. The number of nitrogens with one attached hydrogen (secondary N) is 1. The van der Waals surface area contributed by atoms with Crippen LogP contribution in [-0.4, -0.2) is 30.0 Å². The number of ether oxygens (including phenoxy) is 1. The Labute approximate surface area is 152 Å². The third kappa shape index (κ3) is 3.70. The molecule has 1 saturated heterocycles. The monoisotopic (exact) mass is 353 g/mol. The minimum atomic E-state index is -0.716. The van der Waals surface area contributed by atoms with E-state index in [-0.39, 0.29) is 18.6 Å². The summed E-state index contributed by atoms with van der Waals surface area (Å²) in [6.07, 6.45) is 0.643. The van der Waals surface area contributed by atoms with E-state index in [2.05, 4.69) is 5.43 Å². The molecule has 0 spiro atoms.